The summed E-state index contributed by atoms with van der Waals surface area (Å²) in [6.07, 6.45) is 4.98. The van der Waals surface area contributed by atoms with Crippen LogP contribution in [0.5, 0.6) is 0 Å². The van der Waals surface area contributed by atoms with Crippen molar-refractivity contribution in [2.24, 2.45) is 0 Å². The summed E-state index contributed by atoms with van der Waals surface area (Å²) in [5.74, 6) is 0.919. The van der Waals surface area contributed by atoms with Crippen LogP contribution in [0.4, 0.5) is 0 Å². The van der Waals surface area contributed by atoms with E-state index in [-0.39, 0.29) is 6.10 Å². The van der Waals surface area contributed by atoms with Crippen molar-refractivity contribution in [3.05, 3.63) is 36.0 Å². The smallest absolute Gasteiger partial charge is 0.150 e. The lowest BCUT2D eigenvalue weighted by atomic mass is 10.3. The molecule has 0 saturated carbocycles. The molecule has 1 aliphatic rings. The van der Waals surface area contributed by atoms with Gasteiger partial charge in [-0.3, -0.25) is 9.58 Å². The standard InChI is InChI=1S/C14H20N4O2/c1-12-8-13(20-16-12)9-17-5-3-7-19-14(10-17)11-18-6-2-4-15-18/h2,4,6,8,14H,3,5,7,9-11H2,1H3. The van der Waals surface area contributed by atoms with E-state index in [0.717, 1.165) is 50.7 Å². The molecule has 0 N–H and O–H groups in total. The van der Waals surface area contributed by atoms with Gasteiger partial charge in [0, 0.05) is 38.2 Å². The summed E-state index contributed by atoms with van der Waals surface area (Å²) >= 11 is 0. The van der Waals surface area contributed by atoms with Gasteiger partial charge in [0.15, 0.2) is 5.76 Å². The maximum atomic E-state index is 5.90. The molecule has 1 unspecified atom stereocenters. The number of nitrogens with zero attached hydrogens (tertiary/aromatic N) is 4. The van der Waals surface area contributed by atoms with E-state index >= 15 is 0 Å². The van der Waals surface area contributed by atoms with E-state index in [1.54, 1.807) is 6.20 Å². The second-order valence-corrected chi connectivity index (χ2v) is 5.24. The summed E-state index contributed by atoms with van der Waals surface area (Å²) in [7, 11) is 0. The zero-order valence-electron chi connectivity index (χ0n) is 11.7. The van der Waals surface area contributed by atoms with Gasteiger partial charge < -0.3 is 9.26 Å². The summed E-state index contributed by atoms with van der Waals surface area (Å²) in [4.78, 5) is 2.36. The van der Waals surface area contributed by atoms with Gasteiger partial charge in [0.1, 0.15) is 0 Å². The monoisotopic (exact) mass is 276 g/mol. The van der Waals surface area contributed by atoms with Crippen LogP contribution < -0.4 is 0 Å². The Morgan fingerprint density at radius 3 is 3.15 bits per heavy atom. The number of aryl methyl sites for hydroxylation is 1. The Kier molecular flexibility index (Phi) is 4.13. The lowest BCUT2D eigenvalue weighted by molar-refractivity contribution is 0.0381. The van der Waals surface area contributed by atoms with Gasteiger partial charge in [-0.15, -0.1) is 0 Å². The first kappa shape index (κ1) is 13.3. The van der Waals surface area contributed by atoms with Gasteiger partial charge in [0.05, 0.1) is 24.9 Å². The van der Waals surface area contributed by atoms with Crippen LogP contribution in [-0.4, -0.2) is 45.6 Å². The van der Waals surface area contributed by atoms with E-state index in [1.807, 2.05) is 29.9 Å². The van der Waals surface area contributed by atoms with Gasteiger partial charge >= 0.3 is 0 Å². The van der Waals surface area contributed by atoms with E-state index < -0.39 is 0 Å². The molecule has 1 atom stereocenters. The van der Waals surface area contributed by atoms with Crippen LogP contribution in [0.15, 0.2) is 29.0 Å². The van der Waals surface area contributed by atoms with Crippen LogP contribution in [-0.2, 0) is 17.8 Å². The third kappa shape index (κ3) is 3.46. The van der Waals surface area contributed by atoms with Gasteiger partial charge in [-0.05, 0) is 19.4 Å². The summed E-state index contributed by atoms with van der Waals surface area (Å²) in [6.45, 7) is 6.24. The zero-order chi connectivity index (χ0) is 13.8. The third-order valence-electron chi connectivity index (χ3n) is 3.44. The van der Waals surface area contributed by atoms with Crippen molar-refractivity contribution in [1.82, 2.24) is 19.8 Å². The fourth-order valence-corrected chi connectivity index (χ4v) is 2.55. The van der Waals surface area contributed by atoms with Crippen LogP contribution in [0.3, 0.4) is 0 Å². The molecule has 1 fully saturated rings. The summed E-state index contributed by atoms with van der Waals surface area (Å²) in [5, 5.41) is 8.18. The summed E-state index contributed by atoms with van der Waals surface area (Å²) < 4.78 is 13.1. The number of ether oxygens (including phenoxy) is 1. The lowest BCUT2D eigenvalue weighted by Gasteiger charge is -2.22. The molecule has 2 aromatic rings. The topological polar surface area (TPSA) is 56.3 Å². The van der Waals surface area contributed by atoms with Crippen molar-refractivity contribution in [2.45, 2.75) is 32.5 Å². The number of hydrogen-bond acceptors (Lipinski definition) is 5. The first-order valence-corrected chi connectivity index (χ1v) is 7.03. The van der Waals surface area contributed by atoms with Gasteiger partial charge in [-0.1, -0.05) is 5.16 Å². The van der Waals surface area contributed by atoms with Gasteiger partial charge in [0.25, 0.3) is 0 Å². The highest BCUT2D eigenvalue weighted by molar-refractivity contribution is 5.02. The molecule has 20 heavy (non-hydrogen) atoms. The second-order valence-electron chi connectivity index (χ2n) is 5.24. The Balaban J connectivity index is 1.60. The number of rotatable bonds is 4. The quantitative estimate of drug-likeness (QED) is 0.846. The van der Waals surface area contributed by atoms with Crippen molar-refractivity contribution >= 4 is 0 Å². The summed E-state index contributed by atoms with van der Waals surface area (Å²) in [5.41, 5.74) is 0.930. The summed E-state index contributed by atoms with van der Waals surface area (Å²) in [6, 6.07) is 3.93. The van der Waals surface area contributed by atoms with E-state index in [1.165, 1.54) is 0 Å². The third-order valence-corrected chi connectivity index (χ3v) is 3.44. The predicted octanol–water partition coefficient (Wildman–Crippen LogP) is 1.47. The Bertz CT molecular complexity index is 523. The molecule has 0 spiro atoms. The molecule has 1 saturated heterocycles. The van der Waals surface area contributed by atoms with E-state index in [9.17, 15) is 0 Å². The molecule has 3 rings (SSSR count). The molecule has 6 nitrogen and oxygen atoms in total. The molecule has 108 valence electrons. The van der Waals surface area contributed by atoms with E-state index in [4.69, 9.17) is 9.26 Å². The molecule has 1 aliphatic heterocycles. The Labute approximate surface area is 118 Å². The normalized spacial score (nSPS) is 20.9. The molecule has 0 radical (unpaired) electrons. The predicted molar refractivity (Wildman–Crippen MR) is 73.1 cm³/mol. The van der Waals surface area contributed by atoms with Crippen LogP contribution in [0.1, 0.15) is 17.9 Å². The number of aromatic nitrogens is 3. The van der Waals surface area contributed by atoms with Gasteiger partial charge in [0.2, 0.25) is 0 Å². The highest BCUT2D eigenvalue weighted by Crippen LogP contribution is 2.12. The van der Waals surface area contributed by atoms with Gasteiger partial charge in [-0.25, -0.2) is 0 Å². The van der Waals surface area contributed by atoms with Crippen LogP contribution in [0.2, 0.25) is 0 Å². The van der Waals surface area contributed by atoms with Crippen molar-refractivity contribution in [3.8, 4) is 0 Å². The molecule has 6 heteroatoms. The number of hydrogen-bond donors (Lipinski definition) is 0. The van der Waals surface area contributed by atoms with E-state index in [0.29, 0.717) is 0 Å². The highest BCUT2D eigenvalue weighted by Gasteiger charge is 2.20. The average molecular weight is 276 g/mol. The minimum Gasteiger partial charge on any atom is -0.375 e. The zero-order valence-corrected chi connectivity index (χ0v) is 11.7. The van der Waals surface area contributed by atoms with E-state index in [2.05, 4.69) is 15.2 Å². The fraction of sp³-hybridized carbons (Fsp3) is 0.571. The molecule has 0 amide bonds. The first-order chi connectivity index (χ1) is 9.79. The molecule has 0 aromatic carbocycles. The fourth-order valence-electron chi connectivity index (χ4n) is 2.55. The molecule has 3 heterocycles. The molecule has 0 bridgehead atoms. The SMILES string of the molecule is Cc1cc(CN2CCCOC(Cn3cccn3)C2)on1. The largest absolute Gasteiger partial charge is 0.375 e. The van der Waals surface area contributed by atoms with Crippen molar-refractivity contribution in [1.29, 1.82) is 0 Å². The van der Waals surface area contributed by atoms with Gasteiger partial charge in [-0.2, -0.15) is 5.10 Å². The Morgan fingerprint density at radius 1 is 1.45 bits per heavy atom. The lowest BCUT2D eigenvalue weighted by Crippen LogP contribution is -2.34. The van der Waals surface area contributed by atoms with Crippen LogP contribution in [0, 0.1) is 6.92 Å². The van der Waals surface area contributed by atoms with Crippen molar-refractivity contribution in [2.75, 3.05) is 19.7 Å². The Morgan fingerprint density at radius 2 is 2.40 bits per heavy atom. The first-order valence-electron chi connectivity index (χ1n) is 7.03. The van der Waals surface area contributed by atoms with Crippen LogP contribution in [0.25, 0.3) is 0 Å². The molecule has 2 aromatic heterocycles. The Hall–Kier alpha value is -1.66. The van der Waals surface area contributed by atoms with Crippen molar-refractivity contribution in [3.63, 3.8) is 0 Å². The molecular weight excluding hydrogens is 256 g/mol. The minimum absolute atomic E-state index is 0.168. The highest BCUT2D eigenvalue weighted by atomic mass is 16.5. The minimum atomic E-state index is 0.168. The second kappa shape index (κ2) is 6.19. The maximum Gasteiger partial charge on any atom is 0.150 e. The molecule has 0 aliphatic carbocycles. The van der Waals surface area contributed by atoms with Crippen LogP contribution >= 0.6 is 0 Å². The van der Waals surface area contributed by atoms with Crippen molar-refractivity contribution < 1.29 is 9.26 Å². The molecular formula is C14H20N4O2. The maximum absolute atomic E-state index is 5.90. The average Bonchev–Trinajstić information content (AvgIpc) is 3.00.